The summed E-state index contributed by atoms with van der Waals surface area (Å²) in [6.45, 7) is 2.10. The third-order valence-corrected chi connectivity index (χ3v) is 4.52. The van der Waals surface area contributed by atoms with Gasteiger partial charge in [-0.05, 0) is 36.8 Å². The molecule has 122 valence electrons. The van der Waals surface area contributed by atoms with Crippen molar-refractivity contribution < 1.29 is 13.2 Å². The number of carbonyl (C=O) groups is 1. The zero-order valence-corrected chi connectivity index (χ0v) is 13.6. The van der Waals surface area contributed by atoms with E-state index in [0.29, 0.717) is 24.2 Å². The second-order valence-corrected chi connectivity index (χ2v) is 6.85. The summed E-state index contributed by atoms with van der Waals surface area (Å²) in [7, 11) is -3.37. The van der Waals surface area contributed by atoms with Gasteiger partial charge in [-0.1, -0.05) is 19.1 Å². The van der Waals surface area contributed by atoms with Crippen LogP contribution in [-0.2, 0) is 16.6 Å². The summed E-state index contributed by atoms with van der Waals surface area (Å²) in [5, 5.41) is 2.75. The minimum atomic E-state index is -3.37. The number of pyridine rings is 1. The van der Waals surface area contributed by atoms with E-state index in [1.165, 1.54) is 6.07 Å². The van der Waals surface area contributed by atoms with Crippen LogP contribution < -0.4 is 10.0 Å². The molecule has 23 heavy (non-hydrogen) atoms. The molecule has 0 saturated carbocycles. The van der Waals surface area contributed by atoms with Crippen molar-refractivity contribution in [2.24, 2.45) is 0 Å². The molecule has 0 unspecified atom stereocenters. The van der Waals surface area contributed by atoms with Crippen LogP contribution in [0.25, 0.3) is 0 Å². The number of hydrogen-bond donors (Lipinski definition) is 2. The van der Waals surface area contributed by atoms with Gasteiger partial charge in [-0.25, -0.2) is 8.42 Å². The predicted octanol–water partition coefficient (Wildman–Crippen LogP) is 2.16. The summed E-state index contributed by atoms with van der Waals surface area (Å²) < 4.78 is 26.0. The van der Waals surface area contributed by atoms with Crippen molar-refractivity contribution in [2.45, 2.75) is 19.9 Å². The number of anilines is 1. The number of carbonyl (C=O) groups excluding carboxylic acids is 1. The first-order chi connectivity index (χ1) is 11.0. The Morgan fingerprint density at radius 3 is 2.70 bits per heavy atom. The highest BCUT2D eigenvalue weighted by atomic mass is 32.2. The van der Waals surface area contributed by atoms with E-state index < -0.39 is 10.0 Å². The average Bonchev–Trinajstić information content (AvgIpc) is 2.53. The maximum Gasteiger partial charge on any atom is 0.251 e. The second kappa shape index (κ2) is 7.73. The molecule has 6 nitrogen and oxygen atoms in total. The summed E-state index contributed by atoms with van der Waals surface area (Å²) >= 11 is 0. The van der Waals surface area contributed by atoms with Gasteiger partial charge in [0.15, 0.2) is 0 Å². The van der Waals surface area contributed by atoms with Crippen molar-refractivity contribution in [1.29, 1.82) is 0 Å². The van der Waals surface area contributed by atoms with Crippen LogP contribution in [0.15, 0.2) is 48.7 Å². The van der Waals surface area contributed by atoms with Crippen LogP contribution in [0.4, 0.5) is 5.69 Å². The van der Waals surface area contributed by atoms with Crippen LogP contribution in [0.1, 0.15) is 29.4 Å². The first kappa shape index (κ1) is 17.0. The molecular weight excluding hydrogens is 314 g/mol. The molecule has 7 heteroatoms. The minimum Gasteiger partial charge on any atom is -0.346 e. The van der Waals surface area contributed by atoms with E-state index in [2.05, 4.69) is 15.0 Å². The van der Waals surface area contributed by atoms with E-state index in [-0.39, 0.29) is 11.7 Å². The molecular formula is C16H19N3O3S. The van der Waals surface area contributed by atoms with Gasteiger partial charge in [-0.2, -0.15) is 0 Å². The second-order valence-electron chi connectivity index (χ2n) is 5.01. The molecule has 1 amide bonds. The number of hydrogen-bond acceptors (Lipinski definition) is 4. The molecule has 0 aliphatic heterocycles. The molecule has 0 saturated heterocycles. The van der Waals surface area contributed by atoms with Crippen LogP contribution in [0.2, 0.25) is 0 Å². The fourth-order valence-electron chi connectivity index (χ4n) is 2.00. The molecule has 0 fully saturated rings. The predicted molar refractivity (Wildman–Crippen MR) is 89.5 cm³/mol. The van der Waals surface area contributed by atoms with Gasteiger partial charge in [0.2, 0.25) is 10.0 Å². The molecule has 0 aliphatic rings. The lowest BCUT2D eigenvalue weighted by atomic mass is 10.2. The van der Waals surface area contributed by atoms with Gasteiger partial charge in [-0.3, -0.25) is 14.5 Å². The summed E-state index contributed by atoms with van der Waals surface area (Å²) in [6.07, 6.45) is 2.18. The van der Waals surface area contributed by atoms with Crippen molar-refractivity contribution in [3.63, 3.8) is 0 Å². The van der Waals surface area contributed by atoms with Crippen molar-refractivity contribution in [3.05, 3.63) is 59.9 Å². The van der Waals surface area contributed by atoms with Crippen molar-refractivity contribution in [3.8, 4) is 0 Å². The highest BCUT2D eigenvalue weighted by Gasteiger charge is 2.11. The fraction of sp³-hybridized carbons (Fsp3) is 0.250. The first-order valence-corrected chi connectivity index (χ1v) is 8.94. The van der Waals surface area contributed by atoms with E-state index in [9.17, 15) is 13.2 Å². The topological polar surface area (TPSA) is 88.2 Å². The Bertz CT molecular complexity index is 761. The molecule has 1 aromatic heterocycles. The standard InChI is InChI=1S/C16H19N3O3S/c1-2-10-23(21,22)19-14-8-5-6-13(11-14)16(20)18-12-15-7-3-4-9-17-15/h3-9,11,19H,2,10,12H2,1H3,(H,18,20). The summed E-state index contributed by atoms with van der Waals surface area (Å²) in [6, 6.07) is 11.9. The van der Waals surface area contributed by atoms with Crippen molar-refractivity contribution in [2.75, 3.05) is 10.5 Å². The third kappa shape index (κ3) is 5.37. The van der Waals surface area contributed by atoms with Crippen LogP contribution in [0.3, 0.4) is 0 Å². The quantitative estimate of drug-likeness (QED) is 0.813. The maximum atomic E-state index is 12.1. The number of rotatable bonds is 7. The summed E-state index contributed by atoms with van der Waals surface area (Å²) in [4.78, 5) is 16.3. The number of aromatic nitrogens is 1. The smallest absolute Gasteiger partial charge is 0.251 e. The molecule has 2 rings (SSSR count). The molecule has 2 N–H and O–H groups in total. The largest absolute Gasteiger partial charge is 0.346 e. The van der Waals surface area contributed by atoms with Gasteiger partial charge < -0.3 is 5.32 Å². The van der Waals surface area contributed by atoms with Crippen molar-refractivity contribution in [1.82, 2.24) is 10.3 Å². The Balaban J connectivity index is 2.02. The Hall–Kier alpha value is -2.41. The molecule has 1 heterocycles. The highest BCUT2D eigenvalue weighted by molar-refractivity contribution is 7.92. The number of amides is 1. The van der Waals surface area contributed by atoms with Gasteiger partial charge in [0.1, 0.15) is 0 Å². The van der Waals surface area contributed by atoms with Gasteiger partial charge in [-0.15, -0.1) is 0 Å². The molecule has 0 aliphatic carbocycles. The van der Waals surface area contributed by atoms with E-state index in [0.717, 1.165) is 5.69 Å². The lowest BCUT2D eigenvalue weighted by molar-refractivity contribution is 0.0950. The van der Waals surface area contributed by atoms with Gasteiger partial charge in [0.05, 0.1) is 18.0 Å². The Morgan fingerprint density at radius 1 is 1.17 bits per heavy atom. The van der Waals surface area contributed by atoms with E-state index in [4.69, 9.17) is 0 Å². The van der Waals surface area contributed by atoms with Crippen LogP contribution in [-0.4, -0.2) is 25.1 Å². The monoisotopic (exact) mass is 333 g/mol. The number of nitrogens with one attached hydrogen (secondary N) is 2. The average molecular weight is 333 g/mol. The van der Waals surface area contributed by atoms with E-state index in [1.807, 2.05) is 12.1 Å². The SMILES string of the molecule is CCCS(=O)(=O)Nc1cccc(C(=O)NCc2ccccn2)c1. The summed E-state index contributed by atoms with van der Waals surface area (Å²) in [5.74, 6) is -0.240. The van der Waals surface area contributed by atoms with Gasteiger partial charge >= 0.3 is 0 Å². The molecule has 0 radical (unpaired) electrons. The summed E-state index contributed by atoms with van der Waals surface area (Å²) in [5.41, 5.74) is 1.52. The minimum absolute atomic E-state index is 0.0447. The van der Waals surface area contributed by atoms with E-state index in [1.54, 1.807) is 37.4 Å². The molecule has 1 aromatic carbocycles. The first-order valence-electron chi connectivity index (χ1n) is 7.29. The molecule has 0 spiro atoms. The maximum absolute atomic E-state index is 12.1. The Kier molecular flexibility index (Phi) is 5.70. The van der Waals surface area contributed by atoms with E-state index >= 15 is 0 Å². The lowest BCUT2D eigenvalue weighted by Crippen LogP contribution is -2.23. The van der Waals surface area contributed by atoms with Crippen molar-refractivity contribution >= 4 is 21.6 Å². The molecule has 0 bridgehead atoms. The van der Waals surface area contributed by atoms with Crippen LogP contribution in [0.5, 0.6) is 0 Å². The zero-order valence-electron chi connectivity index (χ0n) is 12.8. The zero-order chi connectivity index (χ0) is 16.7. The lowest BCUT2D eigenvalue weighted by Gasteiger charge is -2.09. The number of sulfonamides is 1. The van der Waals surface area contributed by atoms with Gasteiger partial charge in [0, 0.05) is 17.4 Å². The number of nitrogens with zero attached hydrogens (tertiary/aromatic N) is 1. The molecule has 0 atom stereocenters. The van der Waals surface area contributed by atoms with Crippen LogP contribution in [0, 0.1) is 0 Å². The van der Waals surface area contributed by atoms with Crippen LogP contribution >= 0.6 is 0 Å². The number of benzene rings is 1. The Morgan fingerprint density at radius 2 is 2.00 bits per heavy atom. The molecule has 2 aromatic rings. The fourth-order valence-corrected chi connectivity index (χ4v) is 3.12. The normalized spacial score (nSPS) is 11.0. The van der Waals surface area contributed by atoms with Gasteiger partial charge in [0.25, 0.3) is 5.91 Å². The Labute approximate surface area is 136 Å². The third-order valence-electron chi connectivity index (χ3n) is 3.03. The highest BCUT2D eigenvalue weighted by Crippen LogP contribution is 2.13.